The van der Waals surface area contributed by atoms with Gasteiger partial charge in [-0.25, -0.2) is 0 Å². The lowest BCUT2D eigenvalue weighted by molar-refractivity contribution is -0.114. The van der Waals surface area contributed by atoms with Crippen LogP contribution >= 0.6 is 0 Å². The Balaban J connectivity index is 1.44. The van der Waals surface area contributed by atoms with Crippen LogP contribution in [0.2, 0.25) is 0 Å². The van der Waals surface area contributed by atoms with Gasteiger partial charge in [-0.1, -0.05) is 6.07 Å². The average molecular weight is 370 g/mol. The average Bonchev–Trinajstić information content (AvgIpc) is 3.21. The van der Waals surface area contributed by atoms with Crippen LogP contribution in [0, 0.1) is 0 Å². The van der Waals surface area contributed by atoms with E-state index in [1.165, 1.54) is 0 Å². The molecule has 6 nitrogen and oxygen atoms in total. The van der Waals surface area contributed by atoms with Gasteiger partial charge < -0.3 is 24.8 Å². The Morgan fingerprint density at radius 1 is 1.11 bits per heavy atom. The van der Waals surface area contributed by atoms with Crippen molar-refractivity contribution in [3.05, 3.63) is 48.5 Å². The molecule has 2 N–H and O–H groups in total. The third-order valence-corrected chi connectivity index (χ3v) is 4.20. The monoisotopic (exact) mass is 370 g/mol. The summed E-state index contributed by atoms with van der Waals surface area (Å²) in [5, 5.41) is 5.97. The quantitative estimate of drug-likeness (QED) is 0.704. The number of ether oxygens (including phenoxy) is 3. The van der Waals surface area contributed by atoms with Gasteiger partial charge in [-0.2, -0.15) is 0 Å². The maximum atomic E-state index is 12.1. The van der Waals surface area contributed by atoms with E-state index < -0.39 is 0 Å². The van der Waals surface area contributed by atoms with Crippen molar-refractivity contribution in [1.29, 1.82) is 0 Å². The number of anilines is 2. The maximum absolute atomic E-state index is 12.1. The van der Waals surface area contributed by atoms with Crippen LogP contribution < -0.4 is 20.1 Å². The number of nitrogens with one attached hydrogen (secondary N) is 2. The molecule has 1 unspecified atom stereocenters. The van der Waals surface area contributed by atoms with Crippen LogP contribution in [-0.4, -0.2) is 38.4 Å². The molecule has 2 aromatic carbocycles. The Labute approximate surface area is 159 Å². The van der Waals surface area contributed by atoms with E-state index in [-0.39, 0.29) is 18.6 Å². The highest BCUT2D eigenvalue weighted by molar-refractivity contribution is 5.93. The van der Waals surface area contributed by atoms with Crippen LogP contribution in [0.4, 0.5) is 11.4 Å². The first kappa shape index (κ1) is 19.0. The van der Waals surface area contributed by atoms with Gasteiger partial charge in [-0.15, -0.1) is 0 Å². The molecule has 1 atom stereocenters. The van der Waals surface area contributed by atoms with E-state index in [0.29, 0.717) is 13.2 Å². The van der Waals surface area contributed by atoms with Crippen LogP contribution in [-0.2, 0) is 9.53 Å². The molecule has 2 aromatic rings. The molecule has 1 fully saturated rings. The topological polar surface area (TPSA) is 68.8 Å². The minimum Gasteiger partial charge on any atom is -0.494 e. The molecular weight excluding hydrogens is 344 g/mol. The molecule has 144 valence electrons. The second kappa shape index (κ2) is 9.83. The Hall–Kier alpha value is -2.73. The first-order valence-electron chi connectivity index (χ1n) is 9.34. The standard InChI is InChI=1S/C21H26N2O4/c1-2-25-18-10-8-16(9-11-18)23-21(24)14-22-17-5-3-6-19(13-17)27-15-20-7-4-12-26-20/h3,5-6,8-11,13,20,22H,2,4,7,12,14-15H2,1H3,(H,23,24). The van der Waals surface area contributed by atoms with Crippen molar-refractivity contribution in [2.45, 2.75) is 25.9 Å². The van der Waals surface area contributed by atoms with E-state index in [0.717, 1.165) is 42.3 Å². The van der Waals surface area contributed by atoms with Crippen molar-refractivity contribution in [3.63, 3.8) is 0 Å². The number of carbonyl (C=O) groups excluding carboxylic acids is 1. The molecule has 1 amide bonds. The summed E-state index contributed by atoms with van der Waals surface area (Å²) in [7, 11) is 0. The zero-order valence-corrected chi connectivity index (χ0v) is 15.6. The molecule has 1 saturated heterocycles. The predicted molar refractivity (Wildman–Crippen MR) is 106 cm³/mol. The zero-order chi connectivity index (χ0) is 18.9. The van der Waals surface area contributed by atoms with Crippen molar-refractivity contribution < 1.29 is 19.0 Å². The first-order valence-corrected chi connectivity index (χ1v) is 9.34. The normalized spacial score (nSPS) is 16.0. The number of rotatable bonds is 9. The molecule has 0 bridgehead atoms. The van der Waals surface area contributed by atoms with E-state index >= 15 is 0 Å². The Morgan fingerprint density at radius 3 is 2.70 bits per heavy atom. The molecule has 1 aliphatic rings. The van der Waals surface area contributed by atoms with Gasteiger partial charge >= 0.3 is 0 Å². The van der Waals surface area contributed by atoms with Crippen LogP contribution in [0.25, 0.3) is 0 Å². The lowest BCUT2D eigenvalue weighted by Crippen LogP contribution is -2.21. The van der Waals surface area contributed by atoms with Crippen LogP contribution in [0.1, 0.15) is 19.8 Å². The second-order valence-corrected chi connectivity index (χ2v) is 6.33. The summed E-state index contributed by atoms with van der Waals surface area (Å²) < 4.78 is 16.7. The molecule has 1 aliphatic heterocycles. The lowest BCUT2D eigenvalue weighted by Gasteiger charge is -2.13. The second-order valence-electron chi connectivity index (χ2n) is 6.33. The summed E-state index contributed by atoms with van der Waals surface area (Å²) in [6, 6.07) is 14.9. The van der Waals surface area contributed by atoms with E-state index in [4.69, 9.17) is 14.2 Å². The summed E-state index contributed by atoms with van der Waals surface area (Å²) >= 11 is 0. The molecule has 0 aromatic heterocycles. The highest BCUT2D eigenvalue weighted by atomic mass is 16.5. The van der Waals surface area contributed by atoms with Gasteiger partial charge in [0, 0.05) is 24.0 Å². The van der Waals surface area contributed by atoms with Crippen molar-refractivity contribution >= 4 is 17.3 Å². The van der Waals surface area contributed by atoms with Gasteiger partial charge in [0.15, 0.2) is 0 Å². The first-order chi connectivity index (χ1) is 13.2. The SMILES string of the molecule is CCOc1ccc(NC(=O)CNc2cccc(OCC3CCCO3)c2)cc1. The molecule has 3 rings (SSSR count). The summed E-state index contributed by atoms with van der Waals surface area (Å²) in [6.45, 7) is 4.10. The van der Waals surface area contributed by atoms with Crippen molar-refractivity contribution in [2.24, 2.45) is 0 Å². The Kier molecular flexibility index (Phi) is 6.93. The van der Waals surface area contributed by atoms with E-state index in [1.54, 1.807) is 0 Å². The minimum atomic E-state index is -0.121. The van der Waals surface area contributed by atoms with Crippen molar-refractivity contribution in [3.8, 4) is 11.5 Å². The minimum absolute atomic E-state index is 0.121. The highest BCUT2D eigenvalue weighted by Crippen LogP contribution is 2.20. The van der Waals surface area contributed by atoms with Gasteiger partial charge in [0.25, 0.3) is 0 Å². The van der Waals surface area contributed by atoms with E-state index in [1.807, 2.05) is 55.5 Å². The molecule has 0 radical (unpaired) electrons. The van der Waals surface area contributed by atoms with Crippen LogP contribution in [0.15, 0.2) is 48.5 Å². The number of amides is 1. The van der Waals surface area contributed by atoms with Gasteiger partial charge in [0.2, 0.25) is 5.91 Å². The largest absolute Gasteiger partial charge is 0.494 e. The van der Waals surface area contributed by atoms with E-state index in [2.05, 4.69) is 10.6 Å². The number of hydrogen-bond acceptors (Lipinski definition) is 5. The van der Waals surface area contributed by atoms with Crippen LogP contribution in [0.3, 0.4) is 0 Å². The third-order valence-electron chi connectivity index (χ3n) is 4.20. The molecular formula is C21H26N2O4. The van der Waals surface area contributed by atoms with Gasteiger partial charge in [-0.05, 0) is 56.2 Å². The summed E-state index contributed by atoms with van der Waals surface area (Å²) in [4.78, 5) is 12.1. The molecule has 6 heteroatoms. The number of carbonyl (C=O) groups is 1. The molecule has 0 spiro atoms. The third kappa shape index (κ3) is 6.18. The summed E-state index contributed by atoms with van der Waals surface area (Å²) in [5.41, 5.74) is 1.57. The fourth-order valence-corrected chi connectivity index (χ4v) is 2.85. The fraction of sp³-hybridized carbons (Fsp3) is 0.381. The Bertz CT molecular complexity index is 727. The van der Waals surface area contributed by atoms with E-state index in [9.17, 15) is 4.79 Å². The number of benzene rings is 2. The molecule has 0 aliphatic carbocycles. The van der Waals surface area contributed by atoms with Gasteiger partial charge in [0.1, 0.15) is 18.1 Å². The maximum Gasteiger partial charge on any atom is 0.243 e. The molecule has 0 saturated carbocycles. The number of hydrogen-bond donors (Lipinski definition) is 2. The smallest absolute Gasteiger partial charge is 0.243 e. The molecule has 1 heterocycles. The Morgan fingerprint density at radius 2 is 1.96 bits per heavy atom. The highest BCUT2D eigenvalue weighted by Gasteiger charge is 2.16. The van der Waals surface area contributed by atoms with Crippen molar-refractivity contribution in [2.75, 3.05) is 37.0 Å². The molecule has 27 heavy (non-hydrogen) atoms. The summed E-state index contributed by atoms with van der Waals surface area (Å²) in [5.74, 6) is 1.43. The van der Waals surface area contributed by atoms with Crippen LogP contribution in [0.5, 0.6) is 11.5 Å². The van der Waals surface area contributed by atoms with Gasteiger partial charge in [-0.3, -0.25) is 4.79 Å². The lowest BCUT2D eigenvalue weighted by atomic mass is 10.2. The zero-order valence-electron chi connectivity index (χ0n) is 15.6. The van der Waals surface area contributed by atoms with Crippen molar-refractivity contribution in [1.82, 2.24) is 0 Å². The van der Waals surface area contributed by atoms with Gasteiger partial charge in [0.05, 0.1) is 19.3 Å². The fourth-order valence-electron chi connectivity index (χ4n) is 2.85. The predicted octanol–water partition coefficient (Wildman–Crippen LogP) is 3.69. The summed E-state index contributed by atoms with van der Waals surface area (Å²) in [6.07, 6.45) is 2.32.